The number of amides is 1. The Balaban J connectivity index is 1.44. The molecule has 4 rings (SSSR count). The fourth-order valence-electron chi connectivity index (χ4n) is 3.29. The molecule has 0 saturated carbocycles. The van der Waals surface area contributed by atoms with E-state index in [1.165, 1.54) is 6.33 Å². The summed E-state index contributed by atoms with van der Waals surface area (Å²) in [4.78, 5) is 21.0. The molecular formula is C22H25N9O. The largest absolute Gasteiger partial charge is 0.378 e. The van der Waals surface area contributed by atoms with Crippen molar-refractivity contribution in [3.05, 3.63) is 72.2 Å². The molecule has 0 unspecified atom stereocenters. The molecule has 0 atom stereocenters. The van der Waals surface area contributed by atoms with Crippen LogP contribution in [0.15, 0.2) is 55.2 Å². The highest BCUT2D eigenvalue weighted by atomic mass is 16.1. The van der Waals surface area contributed by atoms with Crippen LogP contribution in [0.3, 0.4) is 0 Å². The fraction of sp³-hybridized carbons (Fsp3) is 0.273. The summed E-state index contributed by atoms with van der Waals surface area (Å²) >= 11 is 0. The van der Waals surface area contributed by atoms with E-state index in [1.54, 1.807) is 29.2 Å². The Bertz CT molecular complexity index is 1230. The molecular weight excluding hydrogens is 406 g/mol. The molecule has 3 aromatic heterocycles. The van der Waals surface area contributed by atoms with Gasteiger partial charge in [0.25, 0.3) is 5.91 Å². The first-order chi connectivity index (χ1) is 15.3. The molecule has 0 fully saturated rings. The van der Waals surface area contributed by atoms with Crippen LogP contribution in [-0.4, -0.2) is 40.4 Å². The van der Waals surface area contributed by atoms with E-state index in [0.717, 1.165) is 17.1 Å². The summed E-state index contributed by atoms with van der Waals surface area (Å²) in [6.45, 7) is 4.35. The van der Waals surface area contributed by atoms with Gasteiger partial charge in [-0.1, -0.05) is 6.07 Å². The van der Waals surface area contributed by atoms with Crippen molar-refractivity contribution in [3.63, 3.8) is 0 Å². The number of hydrogen-bond donors (Lipinski definition) is 2. The molecule has 0 aliphatic carbocycles. The zero-order valence-electron chi connectivity index (χ0n) is 18.4. The number of nitrogens with one attached hydrogen (secondary N) is 2. The molecule has 3 heterocycles. The molecule has 164 valence electrons. The normalized spacial score (nSPS) is 11.4. The molecule has 32 heavy (non-hydrogen) atoms. The summed E-state index contributed by atoms with van der Waals surface area (Å²) in [5.74, 6) is 1.24. The van der Waals surface area contributed by atoms with Gasteiger partial charge in [0.05, 0.1) is 18.3 Å². The smallest absolute Gasteiger partial charge is 0.252 e. The Kier molecular flexibility index (Phi) is 5.67. The number of aryl methyl sites for hydroxylation is 1. The van der Waals surface area contributed by atoms with Gasteiger partial charge in [0.1, 0.15) is 12.0 Å². The van der Waals surface area contributed by atoms with Gasteiger partial charge in [-0.15, -0.1) is 10.2 Å². The average molecular weight is 432 g/mol. The lowest BCUT2D eigenvalue weighted by Gasteiger charge is -2.25. The maximum atomic E-state index is 12.9. The topological polar surface area (TPSA) is 115 Å². The van der Waals surface area contributed by atoms with Crippen molar-refractivity contribution in [3.8, 4) is 11.5 Å². The monoisotopic (exact) mass is 431 g/mol. The maximum Gasteiger partial charge on any atom is 0.252 e. The second kappa shape index (κ2) is 8.58. The molecule has 10 nitrogen and oxygen atoms in total. The van der Waals surface area contributed by atoms with Gasteiger partial charge >= 0.3 is 0 Å². The Morgan fingerprint density at radius 1 is 1.16 bits per heavy atom. The summed E-state index contributed by atoms with van der Waals surface area (Å²) in [6, 6.07) is 9.14. The van der Waals surface area contributed by atoms with E-state index in [9.17, 15) is 4.79 Å². The standard InChI is InChI=1S/C22H25N9O/c1-22(2,16-11-26-30(3)13-16)27-21(32)15-6-5-7-17(10-15)24-12-19-28-29-20(31(19)4)18-8-9-23-14-25-18/h5-11,13-14,24H,12H2,1-4H3,(H,27,32). The number of rotatable bonds is 7. The van der Waals surface area contributed by atoms with Crippen LogP contribution in [0.25, 0.3) is 11.5 Å². The van der Waals surface area contributed by atoms with Crippen molar-refractivity contribution in [1.29, 1.82) is 0 Å². The zero-order chi connectivity index (χ0) is 22.7. The predicted molar refractivity (Wildman–Crippen MR) is 119 cm³/mol. The number of aromatic nitrogens is 7. The van der Waals surface area contributed by atoms with Gasteiger partial charge in [0, 0.05) is 43.3 Å². The van der Waals surface area contributed by atoms with Crippen molar-refractivity contribution in [2.45, 2.75) is 25.9 Å². The van der Waals surface area contributed by atoms with E-state index in [-0.39, 0.29) is 5.91 Å². The van der Waals surface area contributed by atoms with Crippen molar-refractivity contribution >= 4 is 11.6 Å². The van der Waals surface area contributed by atoms with Gasteiger partial charge < -0.3 is 15.2 Å². The fourth-order valence-corrected chi connectivity index (χ4v) is 3.29. The maximum absolute atomic E-state index is 12.9. The Labute approximate surface area is 185 Å². The van der Waals surface area contributed by atoms with Crippen LogP contribution in [0.5, 0.6) is 0 Å². The first-order valence-electron chi connectivity index (χ1n) is 10.1. The first-order valence-corrected chi connectivity index (χ1v) is 10.1. The van der Waals surface area contributed by atoms with E-state index in [1.807, 2.05) is 56.9 Å². The number of anilines is 1. The highest BCUT2D eigenvalue weighted by Gasteiger charge is 2.25. The van der Waals surface area contributed by atoms with Crippen molar-refractivity contribution in [2.24, 2.45) is 14.1 Å². The zero-order valence-corrected chi connectivity index (χ0v) is 18.4. The number of carbonyl (C=O) groups excluding carboxylic acids is 1. The van der Waals surface area contributed by atoms with E-state index in [2.05, 4.69) is 35.9 Å². The molecule has 0 bridgehead atoms. The van der Waals surface area contributed by atoms with Gasteiger partial charge in [0.2, 0.25) is 0 Å². The Hall–Kier alpha value is -4.08. The Morgan fingerprint density at radius 2 is 2.00 bits per heavy atom. The summed E-state index contributed by atoms with van der Waals surface area (Å²) < 4.78 is 3.60. The van der Waals surface area contributed by atoms with Crippen LogP contribution in [0.2, 0.25) is 0 Å². The summed E-state index contributed by atoms with van der Waals surface area (Å²) in [6.07, 6.45) is 6.80. The number of nitrogens with zero attached hydrogens (tertiary/aromatic N) is 7. The van der Waals surface area contributed by atoms with Gasteiger partial charge in [-0.3, -0.25) is 9.48 Å². The number of benzene rings is 1. The highest BCUT2D eigenvalue weighted by molar-refractivity contribution is 5.95. The number of carbonyl (C=O) groups is 1. The molecule has 0 saturated heterocycles. The summed E-state index contributed by atoms with van der Waals surface area (Å²) in [7, 11) is 3.74. The molecule has 2 N–H and O–H groups in total. The van der Waals surface area contributed by atoms with Crippen LogP contribution in [0.4, 0.5) is 5.69 Å². The molecule has 0 radical (unpaired) electrons. The molecule has 0 aliphatic rings. The van der Waals surface area contributed by atoms with Crippen LogP contribution in [-0.2, 0) is 26.2 Å². The third-order valence-corrected chi connectivity index (χ3v) is 5.20. The van der Waals surface area contributed by atoms with E-state index in [0.29, 0.717) is 23.6 Å². The lowest BCUT2D eigenvalue weighted by molar-refractivity contribution is 0.0912. The highest BCUT2D eigenvalue weighted by Crippen LogP contribution is 2.21. The first kappa shape index (κ1) is 21.2. The minimum absolute atomic E-state index is 0.160. The van der Waals surface area contributed by atoms with Gasteiger partial charge in [0.15, 0.2) is 11.6 Å². The molecule has 1 aromatic carbocycles. The third kappa shape index (κ3) is 4.48. The lowest BCUT2D eigenvalue weighted by Crippen LogP contribution is -2.40. The van der Waals surface area contributed by atoms with Crippen LogP contribution in [0, 0.1) is 0 Å². The molecule has 0 aliphatic heterocycles. The quantitative estimate of drug-likeness (QED) is 0.461. The third-order valence-electron chi connectivity index (χ3n) is 5.20. The summed E-state index contributed by atoms with van der Waals surface area (Å²) in [5, 5.41) is 19.1. The molecule has 1 amide bonds. The summed E-state index contributed by atoms with van der Waals surface area (Å²) in [5.41, 5.74) is 2.46. The van der Waals surface area contributed by atoms with E-state index < -0.39 is 5.54 Å². The van der Waals surface area contributed by atoms with Crippen LogP contribution >= 0.6 is 0 Å². The molecule has 4 aromatic rings. The van der Waals surface area contributed by atoms with E-state index in [4.69, 9.17) is 0 Å². The second-order valence-electron chi connectivity index (χ2n) is 8.01. The molecule has 0 spiro atoms. The average Bonchev–Trinajstić information content (AvgIpc) is 3.39. The SMILES string of the molecule is Cn1cc(C(C)(C)NC(=O)c2cccc(NCc3nnc(-c4ccncn4)n3C)c2)cn1. The number of hydrogen-bond acceptors (Lipinski definition) is 7. The second-order valence-corrected chi connectivity index (χ2v) is 8.01. The minimum atomic E-state index is -0.551. The van der Waals surface area contributed by atoms with Crippen molar-refractivity contribution in [2.75, 3.05) is 5.32 Å². The molecule has 10 heteroatoms. The Morgan fingerprint density at radius 3 is 2.72 bits per heavy atom. The van der Waals surface area contributed by atoms with E-state index >= 15 is 0 Å². The van der Waals surface area contributed by atoms with Crippen LogP contribution < -0.4 is 10.6 Å². The van der Waals surface area contributed by atoms with Crippen molar-refractivity contribution in [1.82, 2.24) is 39.8 Å². The minimum Gasteiger partial charge on any atom is -0.378 e. The van der Waals surface area contributed by atoms with Gasteiger partial charge in [-0.05, 0) is 38.1 Å². The van der Waals surface area contributed by atoms with Gasteiger partial charge in [-0.25, -0.2) is 9.97 Å². The predicted octanol–water partition coefficient (Wildman–Crippen LogP) is 2.28. The van der Waals surface area contributed by atoms with Gasteiger partial charge in [-0.2, -0.15) is 5.10 Å². The van der Waals surface area contributed by atoms with Crippen LogP contribution in [0.1, 0.15) is 35.6 Å². The van der Waals surface area contributed by atoms with Crippen molar-refractivity contribution < 1.29 is 4.79 Å². The lowest BCUT2D eigenvalue weighted by atomic mass is 9.97.